The first-order chi connectivity index (χ1) is 8.36. The minimum Gasteiger partial charge on any atom is -0.394 e. The lowest BCUT2D eigenvalue weighted by Crippen LogP contribution is -2.37. The summed E-state index contributed by atoms with van der Waals surface area (Å²) < 4.78 is 0. The number of hydrogen-bond acceptors (Lipinski definition) is 4. The standard InChI is InChI=1S/C13H22N2O2S/c1-5-9(7-16)14-11(17)6-10-8-18-12(15-10)13(2,3)4/h8-9,16H,5-7H2,1-4H3,(H,14,17). The van der Waals surface area contributed by atoms with Gasteiger partial charge in [0.05, 0.1) is 29.8 Å². The summed E-state index contributed by atoms with van der Waals surface area (Å²) in [4.78, 5) is 16.2. The quantitative estimate of drug-likeness (QED) is 0.858. The van der Waals surface area contributed by atoms with Crippen LogP contribution in [0.3, 0.4) is 0 Å². The molecule has 0 aliphatic carbocycles. The fourth-order valence-electron chi connectivity index (χ4n) is 1.45. The number of carbonyl (C=O) groups excluding carboxylic acids is 1. The molecule has 5 heteroatoms. The van der Waals surface area contributed by atoms with Gasteiger partial charge in [0.1, 0.15) is 0 Å². The monoisotopic (exact) mass is 270 g/mol. The molecular weight excluding hydrogens is 248 g/mol. The van der Waals surface area contributed by atoms with E-state index >= 15 is 0 Å². The van der Waals surface area contributed by atoms with E-state index in [0.29, 0.717) is 0 Å². The Morgan fingerprint density at radius 1 is 1.56 bits per heavy atom. The van der Waals surface area contributed by atoms with Crippen molar-refractivity contribution < 1.29 is 9.90 Å². The fraction of sp³-hybridized carbons (Fsp3) is 0.692. The molecule has 0 spiro atoms. The number of nitrogens with zero attached hydrogens (tertiary/aromatic N) is 1. The zero-order valence-electron chi connectivity index (χ0n) is 11.5. The molecule has 1 unspecified atom stereocenters. The number of aromatic nitrogens is 1. The highest BCUT2D eigenvalue weighted by atomic mass is 32.1. The molecule has 102 valence electrons. The summed E-state index contributed by atoms with van der Waals surface area (Å²) >= 11 is 1.59. The lowest BCUT2D eigenvalue weighted by Gasteiger charge is -2.14. The maximum atomic E-state index is 11.7. The predicted molar refractivity (Wildman–Crippen MR) is 73.8 cm³/mol. The number of carbonyl (C=O) groups is 1. The topological polar surface area (TPSA) is 62.2 Å². The molecule has 2 N–H and O–H groups in total. The van der Waals surface area contributed by atoms with Crippen molar-refractivity contribution in [2.75, 3.05) is 6.61 Å². The minimum atomic E-state index is -0.154. The van der Waals surface area contributed by atoms with Gasteiger partial charge < -0.3 is 10.4 Å². The summed E-state index contributed by atoms with van der Waals surface area (Å²) in [5.41, 5.74) is 0.825. The zero-order valence-corrected chi connectivity index (χ0v) is 12.3. The molecule has 18 heavy (non-hydrogen) atoms. The van der Waals surface area contributed by atoms with Crippen LogP contribution in [0.5, 0.6) is 0 Å². The van der Waals surface area contributed by atoms with Crippen LogP contribution in [0.15, 0.2) is 5.38 Å². The van der Waals surface area contributed by atoms with Crippen molar-refractivity contribution in [3.63, 3.8) is 0 Å². The Hall–Kier alpha value is -0.940. The van der Waals surface area contributed by atoms with Gasteiger partial charge in [-0.2, -0.15) is 0 Å². The van der Waals surface area contributed by atoms with Crippen LogP contribution in [0.1, 0.15) is 44.8 Å². The van der Waals surface area contributed by atoms with Crippen molar-refractivity contribution in [3.05, 3.63) is 16.1 Å². The largest absolute Gasteiger partial charge is 0.394 e. The molecule has 4 nitrogen and oxygen atoms in total. The summed E-state index contributed by atoms with van der Waals surface area (Å²) in [5, 5.41) is 14.8. The highest BCUT2D eigenvalue weighted by Gasteiger charge is 2.19. The normalized spacial score (nSPS) is 13.4. The van der Waals surface area contributed by atoms with Gasteiger partial charge in [-0.15, -0.1) is 11.3 Å². The Bertz CT molecular complexity index is 392. The predicted octanol–water partition coefficient (Wildman–Crippen LogP) is 1.87. The smallest absolute Gasteiger partial charge is 0.226 e. The highest BCUT2D eigenvalue weighted by Crippen LogP contribution is 2.25. The van der Waals surface area contributed by atoms with Crippen LogP contribution in [0.25, 0.3) is 0 Å². The van der Waals surface area contributed by atoms with Crippen LogP contribution in [0, 0.1) is 0 Å². The molecule has 0 bridgehead atoms. The number of aliphatic hydroxyl groups excluding tert-OH is 1. The van der Waals surface area contributed by atoms with E-state index in [1.54, 1.807) is 11.3 Å². The number of rotatable bonds is 5. The first-order valence-corrected chi connectivity index (χ1v) is 7.10. The first-order valence-electron chi connectivity index (χ1n) is 6.22. The second kappa shape index (κ2) is 6.29. The molecule has 1 rings (SSSR count). The van der Waals surface area contributed by atoms with E-state index in [-0.39, 0.29) is 30.4 Å². The van der Waals surface area contributed by atoms with Crippen molar-refractivity contribution in [3.8, 4) is 0 Å². The zero-order chi connectivity index (χ0) is 13.8. The van der Waals surface area contributed by atoms with E-state index in [4.69, 9.17) is 5.11 Å². The molecule has 0 aromatic carbocycles. The van der Waals surface area contributed by atoms with E-state index in [0.717, 1.165) is 17.1 Å². The Kier molecular flexibility index (Phi) is 5.28. The van der Waals surface area contributed by atoms with Gasteiger partial charge >= 0.3 is 0 Å². The third-order valence-corrected chi connectivity index (χ3v) is 3.93. The van der Waals surface area contributed by atoms with Crippen LogP contribution in [-0.2, 0) is 16.6 Å². The average molecular weight is 270 g/mol. The van der Waals surface area contributed by atoms with E-state index in [9.17, 15) is 4.79 Å². The lowest BCUT2D eigenvalue weighted by atomic mass is 9.98. The second-order valence-corrected chi connectivity index (χ2v) is 6.28. The molecule has 0 saturated heterocycles. The Morgan fingerprint density at radius 3 is 2.67 bits per heavy atom. The molecule has 0 aliphatic heterocycles. The summed E-state index contributed by atoms with van der Waals surface area (Å²) in [6.45, 7) is 8.23. The van der Waals surface area contributed by atoms with Gasteiger partial charge in [-0.3, -0.25) is 4.79 Å². The Morgan fingerprint density at radius 2 is 2.22 bits per heavy atom. The summed E-state index contributed by atoms with van der Waals surface area (Å²) in [6, 6.07) is -0.154. The van der Waals surface area contributed by atoms with Gasteiger partial charge in [0.15, 0.2) is 0 Å². The van der Waals surface area contributed by atoms with Crippen LogP contribution < -0.4 is 5.32 Å². The SMILES string of the molecule is CCC(CO)NC(=O)Cc1csc(C(C)(C)C)n1. The lowest BCUT2D eigenvalue weighted by molar-refractivity contribution is -0.121. The van der Waals surface area contributed by atoms with Crippen molar-refractivity contribution in [2.45, 2.75) is 52.0 Å². The number of thiazole rings is 1. The summed E-state index contributed by atoms with van der Waals surface area (Å²) in [6.07, 6.45) is 1.01. The fourth-order valence-corrected chi connectivity index (χ4v) is 2.36. The number of nitrogens with one attached hydrogen (secondary N) is 1. The molecule has 1 aromatic rings. The molecule has 0 saturated carbocycles. The third-order valence-electron chi connectivity index (χ3n) is 2.61. The van der Waals surface area contributed by atoms with Gasteiger partial charge in [0.2, 0.25) is 5.91 Å². The molecule has 0 fully saturated rings. The maximum absolute atomic E-state index is 11.7. The van der Waals surface area contributed by atoms with Crippen LogP contribution in [-0.4, -0.2) is 28.6 Å². The molecular formula is C13H22N2O2S. The summed E-state index contributed by atoms with van der Waals surface area (Å²) in [7, 11) is 0. The molecule has 0 aliphatic rings. The third kappa shape index (κ3) is 4.38. The van der Waals surface area contributed by atoms with Gasteiger partial charge in [-0.05, 0) is 6.42 Å². The van der Waals surface area contributed by atoms with Crippen LogP contribution in [0.2, 0.25) is 0 Å². The molecule has 1 amide bonds. The Labute approximate surface area is 112 Å². The number of amides is 1. The molecule has 0 radical (unpaired) electrons. The van der Waals surface area contributed by atoms with Crippen LogP contribution in [0.4, 0.5) is 0 Å². The van der Waals surface area contributed by atoms with Crippen molar-refractivity contribution >= 4 is 17.2 Å². The van der Waals surface area contributed by atoms with Crippen molar-refractivity contribution in [1.29, 1.82) is 0 Å². The highest BCUT2D eigenvalue weighted by molar-refractivity contribution is 7.09. The second-order valence-electron chi connectivity index (χ2n) is 5.43. The van der Waals surface area contributed by atoms with E-state index in [1.165, 1.54) is 0 Å². The Balaban J connectivity index is 2.57. The van der Waals surface area contributed by atoms with Crippen LogP contribution >= 0.6 is 11.3 Å². The van der Waals surface area contributed by atoms with E-state index in [2.05, 4.69) is 31.1 Å². The van der Waals surface area contributed by atoms with Crippen molar-refractivity contribution in [2.24, 2.45) is 0 Å². The molecule has 1 aromatic heterocycles. The number of hydrogen-bond donors (Lipinski definition) is 2. The average Bonchev–Trinajstić information content (AvgIpc) is 2.74. The van der Waals surface area contributed by atoms with Gasteiger partial charge in [0, 0.05) is 10.8 Å². The van der Waals surface area contributed by atoms with E-state index in [1.807, 2.05) is 12.3 Å². The maximum Gasteiger partial charge on any atom is 0.226 e. The van der Waals surface area contributed by atoms with E-state index < -0.39 is 0 Å². The van der Waals surface area contributed by atoms with Gasteiger partial charge in [-0.25, -0.2) is 4.98 Å². The minimum absolute atomic E-state index is 0.0213. The first kappa shape index (κ1) is 15.1. The van der Waals surface area contributed by atoms with Gasteiger partial charge in [0.25, 0.3) is 0 Å². The molecule has 1 atom stereocenters. The van der Waals surface area contributed by atoms with Gasteiger partial charge in [-0.1, -0.05) is 27.7 Å². The van der Waals surface area contributed by atoms with Crippen molar-refractivity contribution in [1.82, 2.24) is 10.3 Å². The summed E-state index contributed by atoms with van der Waals surface area (Å²) in [5.74, 6) is -0.0818. The number of aliphatic hydroxyl groups is 1. The molecule has 1 heterocycles.